The van der Waals surface area contributed by atoms with Crippen molar-refractivity contribution in [2.45, 2.75) is 60.3 Å². The first-order valence-corrected chi connectivity index (χ1v) is 10.3. The molecule has 0 bridgehead atoms. The van der Waals surface area contributed by atoms with Crippen molar-refractivity contribution in [3.05, 3.63) is 82.7 Å². The molecule has 3 aromatic rings. The molecule has 0 saturated heterocycles. The molecule has 158 valence electrons. The standard InChI is InChI=1S/C24H31N5O/c1-17(2)27-24(30)29(14-21-7-6-8-25-13-21)16-23-26-9-10-28(23)15-22-19(4)11-18(3)12-20(22)5/h6-13,17H,14-16H2,1-5H3,(H,27,30). The van der Waals surface area contributed by atoms with E-state index in [1.807, 2.05) is 32.2 Å². The number of amides is 2. The molecule has 30 heavy (non-hydrogen) atoms. The van der Waals surface area contributed by atoms with Gasteiger partial charge in [-0.3, -0.25) is 4.98 Å². The summed E-state index contributed by atoms with van der Waals surface area (Å²) >= 11 is 0. The molecule has 0 aliphatic carbocycles. The Labute approximate surface area is 179 Å². The second-order valence-corrected chi connectivity index (χ2v) is 8.17. The van der Waals surface area contributed by atoms with Crippen molar-refractivity contribution in [1.82, 2.24) is 24.8 Å². The lowest BCUT2D eigenvalue weighted by Crippen LogP contribution is -2.42. The van der Waals surface area contributed by atoms with Crippen LogP contribution < -0.4 is 5.32 Å². The van der Waals surface area contributed by atoms with Gasteiger partial charge >= 0.3 is 6.03 Å². The number of benzene rings is 1. The maximum Gasteiger partial charge on any atom is 0.318 e. The van der Waals surface area contributed by atoms with Crippen LogP contribution in [0.15, 0.2) is 49.1 Å². The van der Waals surface area contributed by atoms with Crippen LogP contribution in [0.25, 0.3) is 0 Å². The number of nitrogens with zero attached hydrogens (tertiary/aromatic N) is 4. The van der Waals surface area contributed by atoms with E-state index in [4.69, 9.17) is 0 Å². The highest BCUT2D eigenvalue weighted by molar-refractivity contribution is 5.74. The minimum absolute atomic E-state index is 0.0616. The van der Waals surface area contributed by atoms with Crippen LogP contribution in [0.3, 0.4) is 0 Å². The summed E-state index contributed by atoms with van der Waals surface area (Å²) in [5.74, 6) is 0.858. The van der Waals surface area contributed by atoms with Gasteiger partial charge in [0.2, 0.25) is 0 Å². The summed E-state index contributed by atoms with van der Waals surface area (Å²) < 4.78 is 2.13. The SMILES string of the molecule is Cc1cc(C)c(Cn2ccnc2CN(Cc2cccnc2)C(=O)NC(C)C)c(C)c1. The zero-order chi connectivity index (χ0) is 21.7. The van der Waals surface area contributed by atoms with Crippen molar-refractivity contribution in [2.75, 3.05) is 0 Å². The molecule has 6 heteroatoms. The number of urea groups is 1. The molecule has 2 aromatic heterocycles. The van der Waals surface area contributed by atoms with E-state index in [1.165, 1.54) is 22.3 Å². The predicted molar refractivity (Wildman–Crippen MR) is 119 cm³/mol. The Hall–Kier alpha value is -3.15. The highest BCUT2D eigenvalue weighted by Gasteiger charge is 2.18. The van der Waals surface area contributed by atoms with Gasteiger partial charge in [-0.2, -0.15) is 0 Å². The summed E-state index contributed by atoms with van der Waals surface area (Å²) in [6, 6.07) is 8.25. The van der Waals surface area contributed by atoms with Gasteiger partial charge in [-0.15, -0.1) is 0 Å². The number of carbonyl (C=O) groups is 1. The second-order valence-electron chi connectivity index (χ2n) is 8.17. The Balaban J connectivity index is 1.83. The van der Waals surface area contributed by atoms with Crippen molar-refractivity contribution < 1.29 is 4.79 Å². The third kappa shape index (κ3) is 5.47. The first-order valence-electron chi connectivity index (χ1n) is 10.3. The molecule has 2 amide bonds. The molecule has 0 atom stereocenters. The number of nitrogens with one attached hydrogen (secondary N) is 1. The molecule has 6 nitrogen and oxygen atoms in total. The fourth-order valence-electron chi connectivity index (χ4n) is 3.69. The van der Waals surface area contributed by atoms with E-state index in [2.05, 4.69) is 52.8 Å². The number of imidazole rings is 1. The van der Waals surface area contributed by atoms with Gasteiger partial charge in [-0.05, 0) is 62.9 Å². The number of pyridine rings is 1. The zero-order valence-electron chi connectivity index (χ0n) is 18.5. The Kier molecular flexibility index (Phi) is 6.87. The molecule has 0 saturated carbocycles. The summed E-state index contributed by atoms with van der Waals surface area (Å²) in [5, 5.41) is 3.00. The van der Waals surface area contributed by atoms with Crippen LogP contribution in [0.5, 0.6) is 0 Å². The summed E-state index contributed by atoms with van der Waals surface area (Å²) in [4.78, 5) is 23.4. The molecular weight excluding hydrogens is 374 g/mol. The van der Waals surface area contributed by atoms with Crippen molar-refractivity contribution >= 4 is 6.03 Å². The van der Waals surface area contributed by atoms with Crippen LogP contribution in [0.4, 0.5) is 4.79 Å². The molecule has 1 N–H and O–H groups in total. The first kappa shape index (κ1) is 21.6. The Morgan fingerprint density at radius 1 is 1.13 bits per heavy atom. The molecule has 0 aliphatic rings. The molecule has 3 rings (SSSR count). The van der Waals surface area contributed by atoms with Gasteiger partial charge in [0.25, 0.3) is 0 Å². The van der Waals surface area contributed by atoms with Crippen LogP contribution in [-0.2, 0) is 19.6 Å². The number of carbonyl (C=O) groups excluding carboxylic acids is 1. The van der Waals surface area contributed by atoms with E-state index in [1.54, 1.807) is 23.5 Å². The van der Waals surface area contributed by atoms with E-state index in [-0.39, 0.29) is 12.1 Å². The van der Waals surface area contributed by atoms with Gasteiger partial charge < -0.3 is 14.8 Å². The van der Waals surface area contributed by atoms with E-state index in [9.17, 15) is 4.79 Å². The lowest BCUT2D eigenvalue weighted by atomic mass is 10.00. The van der Waals surface area contributed by atoms with E-state index in [0.29, 0.717) is 13.1 Å². The molecular formula is C24H31N5O. The lowest BCUT2D eigenvalue weighted by molar-refractivity contribution is 0.187. The highest BCUT2D eigenvalue weighted by Crippen LogP contribution is 2.19. The molecule has 0 fully saturated rings. The average Bonchev–Trinajstić information content (AvgIpc) is 3.11. The molecule has 1 aromatic carbocycles. The smallest absolute Gasteiger partial charge is 0.318 e. The number of aromatic nitrogens is 3. The molecule has 0 spiro atoms. The largest absolute Gasteiger partial charge is 0.336 e. The third-order valence-electron chi connectivity index (χ3n) is 5.10. The monoisotopic (exact) mass is 405 g/mol. The van der Waals surface area contributed by atoms with Crippen molar-refractivity contribution in [3.8, 4) is 0 Å². The molecule has 0 unspecified atom stereocenters. The van der Waals surface area contributed by atoms with Gasteiger partial charge in [-0.25, -0.2) is 9.78 Å². The van der Waals surface area contributed by atoms with Crippen LogP contribution in [0.1, 0.15) is 47.5 Å². The van der Waals surface area contributed by atoms with Gasteiger partial charge in [0, 0.05) is 43.9 Å². The van der Waals surface area contributed by atoms with Crippen molar-refractivity contribution in [2.24, 2.45) is 0 Å². The molecule has 0 aliphatic heterocycles. The number of hydrogen-bond acceptors (Lipinski definition) is 3. The van der Waals surface area contributed by atoms with E-state index >= 15 is 0 Å². The number of hydrogen-bond donors (Lipinski definition) is 1. The summed E-state index contributed by atoms with van der Waals surface area (Å²) in [6.07, 6.45) is 7.32. The lowest BCUT2D eigenvalue weighted by Gasteiger charge is -2.25. The topological polar surface area (TPSA) is 63.1 Å². The quantitative estimate of drug-likeness (QED) is 0.635. The van der Waals surface area contributed by atoms with Crippen molar-refractivity contribution in [3.63, 3.8) is 0 Å². The summed E-state index contributed by atoms with van der Waals surface area (Å²) in [7, 11) is 0. The van der Waals surface area contributed by atoms with Gasteiger partial charge in [0.05, 0.1) is 6.54 Å². The summed E-state index contributed by atoms with van der Waals surface area (Å²) in [6.45, 7) is 12.0. The van der Waals surface area contributed by atoms with Crippen LogP contribution in [0.2, 0.25) is 0 Å². The normalized spacial score (nSPS) is 11.0. The highest BCUT2D eigenvalue weighted by atomic mass is 16.2. The molecule has 0 radical (unpaired) electrons. The average molecular weight is 406 g/mol. The van der Waals surface area contributed by atoms with Crippen LogP contribution >= 0.6 is 0 Å². The predicted octanol–water partition coefficient (Wildman–Crippen LogP) is 4.37. The Morgan fingerprint density at radius 3 is 2.50 bits per heavy atom. The zero-order valence-corrected chi connectivity index (χ0v) is 18.5. The first-order chi connectivity index (χ1) is 14.3. The Morgan fingerprint density at radius 2 is 1.87 bits per heavy atom. The van der Waals surface area contributed by atoms with Gasteiger partial charge in [0.1, 0.15) is 5.82 Å². The van der Waals surface area contributed by atoms with Gasteiger partial charge in [0.15, 0.2) is 0 Å². The fourth-order valence-corrected chi connectivity index (χ4v) is 3.69. The van der Waals surface area contributed by atoms with Crippen LogP contribution in [-0.4, -0.2) is 31.5 Å². The maximum atomic E-state index is 12.9. The van der Waals surface area contributed by atoms with E-state index in [0.717, 1.165) is 17.9 Å². The van der Waals surface area contributed by atoms with E-state index < -0.39 is 0 Å². The van der Waals surface area contributed by atoms with Gasteiger partial charge in [-0.1, -0.05) is 23.8 Å². The minimum Gasteiger partial charge on any atom is -0.336 e. The third-order valence-corrected chi connectivity index (χ3v) is 5.10. The molecule has 2 heterocycles. The number of rotatable bonds is 7. The van der Waals surface area contributed by atoms with Crippen LogP contribution in [0, 0.1) is 20.8 Å². The Bertz CT molecular complexity index is 971. The maximum absolute atomic E-state index is 12.9. The second kappa shape index (κ2) is 9.57. The summed E-state index contributed by atoms with van der Waals surface area (Å²) in [5.41, 5.74) is 6.10. The van der Waals surface area contributed by atoms with Crippen molar-refractivity contribution in [1.29, 1.82) is 0 Å². The number of aryl methyl sites for hydroxylation is 3. The fraction of sp³-hybridized carbons (Fsp3) is 0.375. The minimum atomic E-state index is -0.105.